The largest absolute Gasteiger partial charge is 0.497 e. The van der Waals surface area contributed by atoms with Crippen molar-refractivity contribution in [1.29, 1.82) is 0 Å². The van der Waals surface area contributed by atoms with Gasteiger partial charge in [-0.2, -0.15) is 0 Å². The molecule has 178 valence electrons. The standard InChI is InChI=1S/C25H30N6O3/c1-17-5-7-19(8-6-17)28-23-16-24(27-18(2)26-23)30-9-11-31(12-10-30)25(32)29-20-13-21(33-3)15-22(14-20)34-4/h5-8,13-16H,9-12H2,1-4H3,(H,29,32)(H,26,27,28). The zero-order chi connectivity index (χ0) is 24.1. The zero-order valence-corrected chi connectivity index (χ0v) is 20.0. The van der Waals surface area contributed by atoms with Crippen molar-refractivity contribution in [2.24, 2.45) is 0 Å². The van der Waals surface area contributed by atoms with Gasteiger partial charge >= 0.3 is 6.03 Å². The highest BCUT2D eigenvalue weighted by Crippen LogP contribution is 2.26. The second kappa shape index (κ2) is 10.3. The third-order valence-corrected chi connectivity index (χ3v) is 5.64. The van der Waals surface area contributed by atoms with Crippen LogP contribution < -0.4 is 25.0 Å². The SMILES string of the molecule is COc1cc(NC(=O)N2CCN(c3cc(Nc4ccc(C)cc4)nc(C)n3)CC2)cc(OC)c1. The molecule has 0 spiro atoms. The molecule has 2 aromatic carbocycles. The van der Waals surface area contributed by atoms with Gasteiger partial charge in [0.25, 0.3) is 0 Å². The summed E-state index contributed by atoms with van der Waals surface area (Å²) in [5, 5.41) is 6.29. The van der Waals surface area contributed by atoms with Gasteiger partial charge in [0.15, 0.2) is 0 Å². The first kappa shape index (κ1) is 23.2. The number of hydrogen-bond donors (Lipinski definition) is 2. The number of methoxy groups -OCH3 is 2. The van der Waals surface area contributed by atoms with Crippen LogP contribution >= 0.6 is 0 Å². The van der Waals surface area contributed by atoms with E-state index in [1.807, 2.05) is 25.1 Å². The second-order valence-corrected chi connectivity index (χ2v) is 8.16. The van der Waals surface area contributed by atoms with Crippen molar-refractivity contribution in [2.45, 2.75) is 13.8 Å². The number of aryl methyl sites for hydroxylation is 2. The smallest absolute Gasteiger partial charge is 0.321 e. The van der Waals surface area contributed by atoms with E-state index in [4.69, 9.17) is 9.47 Å². The van der Waals surface area contributed by atoms with Crippen molar-refractivity contribution in [3.63, 3.8) is 0 Å². The highest BCUT2D eigenvalue weighted by molar-refractivity contribution is 5.90. The molecule has 1 aliphatic heterocycles. The summed E-state index contributed by atoms with van der Waals surface area (Å²) in [6.07, 6.45) is 0. The number of amides is 2. The van der Waals surface area contributed by atoms with E-state index in [1.54, 1.807) is 37.3 Å². The summed E-state index contributed by atoms with van der Waals surface area (Å²) in [6, 6.07) is 15.3. The molecule has 0 aliphatic carbocycles. The lowest BCUT2D eigenvalue weighted by Crippen LogP contribution is -2.50. The Bertz CT molecular complexity index is 1120. The normalized spacial score (nSPS) is 13.4. The summed E-state index contributed by atoms with van der Waals surface area (Å²) in [4.78, 5) is 25.9. The minimum atomic E-state index is -0.157. The van der Waals surface area contributed by atoms with Gasteiger partial charge in [-0.1, -0.05) is 17.7 Å². The van der Waals surface area contributed by atoms with Crippen LogP contribution in [0.5, 0.6) is 11.5 Å². The van der Waals surface area contributed by atoms with Crippen LogP contribution in [0, 0.1) is 13.8 Å². The Morgan fingerprint density at radius 2 is 1.50 bits per heavy atom. The number of urea groups is 1. The number of aromatic nitrogens is 2. The van der Waals surface area contributed by atoms with Gasteiger partial charge in [-0.05, 0) is 26.0 Å². The number of carbonyl (C=O) groups is 1. The van der Waals surface area contributed by atoms with Gasteiger partial charge in [-0.15, -0.1) is 0 Å². The van der Waals surface area contributed by atoms with Crippen molar-refractivity contribution in [3.05, 3.63) is 59.9 Å². The molecule has 0 radical (unpaired) electrons. The first-order valence-electron chi connectivity index (χ1n) is 11.2. The monoisotopic (exact) mass is 462 g/mol. The van der Waals surface area contributed by atoms with E-state index < -0.39 is 0 Å². The summed E-state index contributed by atoms with van der Waals surface area (Å²) in [5.41, 5.74) is 2.81. The molecule has 9 nitrogen and oxygen atoms in total. The lowest BCUT2D eigenvalue weighted by atomic mass is 10.2. The lowest BCUT2D eigenvalue weighted by molar-refractivity contribution is 0.208. The third kappa shape index (κ3) is 5.67. The van der Waals surface area contributed by atoms with Crippen LogP contribution in [0.3, 0.4) is 0 Å². The van der Waals surface area contributed by atoms with Gasteiger partial charge in [0.05, 0.1) is 14.2 Å². The topological polar surface area (TPSA) is 91.9 Å². The van der Waals surface area contributed by atoms with Gasteiger partial charge in [0.1, 0.15) is 29.0 Å². The van der Waals surface area contributed by atoms with Crippen LogP contribution in [0.1, 0.15) is 11.4 Å². The van der Waals surface area contributed by atoms with Crippen molar-refractivity contribution >= 4 is 29.0 Å². The molecule has 3 aromatic rings. The molecule has 0 unspecified atom stereocenters. The third-order valence-electron chi connectivity index (χ3n) is 5.64. The van der Waals surface area contributed by atoms with E-state index in [0.717, 1.165) is 17.3 Å². The molecule has 1 saturated heterocycles. The molecule has 2 N–H and O–H groups in total. The fourth-order valence-electron chi connectivity index (χ4n) is 3.78. The summed E-state index contributed by atoms with van der Waals surface area (Å²) >= 11 is 0. The van der Waals surface area contributed by atoms with E-state index in [9.17, 15) is 4.79 Å². The molecule has 1 aliphatic rings. The fraction of sp³-hybridized carbons (Fsp3) is 0.320. The Labute approximate surface area is 199 Å². The van der Waals surface area contributed by atoms with Gasteiger partial charge in [-0.3, -0.25) is 0 Å². The molecule has 2 amide bonds. The number of carbonyl (C=O) groups excluding carboxylic acids is 1. The number of anilines is 4. The minimum absolute atomic E-state index is 0.157. The maximum Gasteiger partial charge on any atom is 0.321 e. The molecule has 0 bridgehead atoms. The average Bonchev–Trinajstić information content (AvgIpc) is 2.85. The van der Waals surface area contributed by atoms with Crippen LogP contribution in [-0.4, -0.2) is 61.3 Å². The Morgan fingerprint density at radius 3 is 2.12 bits per heavy atom. The number of nitrogens with one attached hydrogen (secondary N) is 2. The maximum atomic E-state index is 12.8. The van der Waals surface area contributed by atoms with Crippen molar-refractivity contribution in [2.75, 3.05) is 55.9 Å². The highest BCUT2D eigenvalue weighted by Gasteiger charge is 2.23. The maximum absolute atomic E-state index is 12.8. The van der Waals surface area contributed by atoms with Crippen LogP contribution in [0.25, 0.3) is 0 Å². The molecule has 34 heavy (non-hydrogen) atoms. The van der Waals surface area contributed by atoms with Gasteiger partial charge in [-0.25, -0.2) is 14.8 Å². The van der Waals surface area contributed by atoms with Gasteiger partial charge in [0, 0.05) is 61.8 Å². The molecule has 9 heteroatoms. The average molecular weight is 463 g/mol. The molecule has 2 heterocycles. The van der Waals surface area contributed by atoms with Gasteiger partial charge in [0.2, 0.25) is 0 Å². The lowest BCUT2D eigenvalue weighted by Gasteiger charge is -2.35. The van der Waals surface area contributed by atoms with Crippen LogP contribution in [0.4, 0.5) is 27.8 Å². The number of nitrogens with zero attached hydrogens (tertiary/aromatic N) is 4. The number of piperazine rings is 1. The highest BCUT2D eigenvalue weighted by atomic mass is 16.5. The van der Waals surface area contributed by atoms with Crippen molar-refractivity contribution < 1.29 is 14.3 Å². The predicted molar refractivity (Wildman–Crippen MR) is 134 cm³/mol. The number of ether oxygens (including phenoxy) is 2. The van der Waals surface area contributed by atoms with Crippen molar-refractivity contribution in [3.8, 4) is 11.5 Å². The second-order valence-electron chi connectivity index (χ2n) is 8.16. The van der Waals surface area contributed by atoms with Crippen LogP contribution in [-0.2, 0) is 0 Å². The molecule has 1 fully saturated rings. The van der Waals surface area contributed by atoms with E-state index in [2.05, 4.69) is 44.6 Å². The Balaban J connectivity index is 1.38. The fourth-order valence-corrected chi connectivity index (χ4v) is 3.78. The number of rotatable bonds is 6. The zero-order valence-electron chi connectivity index (χ0n) is 20.0. The quantitative estimate of drug-likeness (QED) is 0.567. The summed E-state index contributed by atoms with van der Waals surface area (Å²) in [5.74, 6) is 3.53. The molecule has 0 atom stereocenters. The Kier molecular flexibility index (Phi) is 7.01. The summed E-state index contributed by atoms with van der Waals surface area (Å²) in [6.45, 7) is 6.46. The van der Waals surface area contributed by atoms with Crippen molar-refractivity contribution in [1.82, 2.24) is 14.9 Å². The molecule has 0 saturated carbocycles. The first-order chi connectivity index (χ1) is 16.4. The molecular formula is C25H30N6O3. The Hall–Kier alpha value is -4.01. The van der Waals surface area contributed by atoms with E-state index >= 15 is 0 Å². The minimum Gasteiger partial charge on any atom is -0.497 e. The van der Waals surface area contributed by atoms with E-state index in [0.29, 0.717) is 49.2 Å². The van der Waals surface area contributed by atoms with E-state index in [-0.39, 0.29) is 6.03 Å². The van der Waals surface area contributed by atoms with Crippen LogP contribution in [0.15, 0.2) is 48.5 Å². The first-order valence-corrected chi connectivity index (χ1v) is 11.2. The summed E-state index contributed by atoms with van der Waals surface area (Å²) < 4.78 is 10.6. The van der Waals surface area contributed by atoms with Crippen LogP contribution in [0.2, 0.25) is 0 Å². The molecule has 1 aromatic heterocycles. The number of hydrogen-bond acceptors (Lipinski definition) is 7. The predicted octanol–water partition coefficient (Wildman–Crippen LogP) is 4.21. The summed E-state index contributed by atoms with van der Waals surface area (Å²) in [7, 11) is 3.16. The van der Waals surface area contributed by atoms with E-state index in [1.165, 1.54) is 5.56 Å². The molecular weight excluding hydrogens is 432 g/mol. The van der Waals surface area contributed by atoms with Gasteiger partial charge < -0.3 is 29.9 Å². The molecule has 4 rings (SSSR count). The number of benzene rings is 2. The Morgan fingerprint density at radius 1 is 0.853 bits per heavy atom.